The lowest BCUT2D eigenvalue weighted by molar-refractivity contribution is -0.138. The minimum absolute atomic E-state index is 0.0737. The Bertz CT molecular complexity index is 783. The molecule has 1 amide bonds. The molecular weight excluding hydrogens is 344 g/mol. The molecule has 6 heteroatoms. The number of nitrogens with zero attached hydrogens (tertiary/aromatic N) is 2. The average Bonchev–Trinajstić information content (AvgIpc) is 2.68. The maximum absolute atomic E-state index is 12.6. The van der Waals surface area contributed by atoms with E-state index in [2.05, 4.69) is 0 Å². The van der Waals surface area contributed by atoms with Crippen molar-refractivity contribution in [3.05, 3.63) is 41.2 Å². The summed E-state index contributed by atoms with van der Waals surface area (Å²) in [5.41, 5.74) is 2.08. The number of aliphatic carboxylic acids is 1. The van der Waals surface area contributed by atoms with Crippen LogP contribution in [0.2, 0.25) is 0 Å². The molecule has 2 aliphatic rings. The van der Waals surface area contributed by atoms with Gasteiger partial charge in [-0.15, -0.1) is 0 Å². The van der Waals surface area contributed by atoms with Crippen LogP contribution in [0.25, 0.3) is 0 Å². The Morgan fingerprint density at radius 2 is 1.93 bits per heavy atom. The van der Waals surface area contributed by atoms with Gasteiger partial charge in [-0.3, -0.25) is 9.59 Å². The topological polar surface area (TPSA) is 90.6 Å². The summed E-state index contributed by atoms with van der Waals surface area (Å²) in [7, 11) is 1.48. The van der Waals surface area contributed by atoms with E-state index >= 15 is 0 Å². The molecule has 142 valence electrons. The molecule has 0 saturated heterocycles. The molecule has 0 aromatic heterocycles. The fraction of sp³-hybridized carbons (Fsp3) is 0.476. The van der Waals surface area contributed by atoms with E-state index in [-0.39, 0.29) is 23.8 Å². The highest BCUT2D eigenvalue weighted by atomic mass is 16.5. The molecule has 27 heavy (non-hydrogen) atoms. The van der Waals surface area contributed by atoms with E-state index in [4.69, 9.17) is 9.84 Å². The SMILES string of the molecule is COC1=C(C#N)C(=O)N(c2ccc([C@H]3CC[C@H](CC(=O)O)CC3)cc2)CC1. The van der Waals surface area contributed by atoms with Crippen molar-refractivity contribution in [2.45, 2.75) is 44.4 Å². The van der Waals surface area contributed by atoms with Crippen LogP contribution >= 0.6 is 0 Å². The molecular formula is C21H24N2O4. The van der Waals surface area contributed by atoms with Crippen LogP contribution in [0.1, 0.15) is 50.0 Å². The number of carboxylic acid groups (broad SMARTS) is 1. The first kappa shape index (κ1) is 19.0. The van der Waals surface area contributed by atoms with Gasteiger partial charge >= 0.3 is 5.97 Å². The van der Waals surface area contributed by atoms with Gasteiger partial charge in [0.25, 0.3) is 5.91 Å². The van der Waals surface area contributed by atoms with Crippen molar-refractivity contribution in [1.82, 2.24) is 0 Å². The van der Waals surface area contributed by atoms with Crippen LogP contribution in [0, 0.1) is 17.2 Å². The summed E-state index contributed by atoms with van der Waals surface area (Å²) in [5, 5.41) is 18.2. The van der Waals surface area contributed by atoms with Gasteiger partial charge in [0.1, 0.15) is 11.8 Å². The fourth-order valence-corrected chi connectivity index (χ4v) is 4.13. The number of methoxy groups -OCH3 is 1. The molecule has 1 heterocycles. The third kappa shape index (κ3) is 4.13. The van der Waals surface area contributed by atoms with Gasteiger partial charge in [0.15, 0.2) is 5.57 Å². The zero-order valence-electron chi connectivity index (χ0n) is 15.5. The first-order chi connectivity index (χ1) is 13.0. The second-order valence-electron chi connectivity index (χ2n) is 7.23. The van der Waals surface area contributed by atoms with Gasteiger partial charge in [-0.25, -0.2) is 0 Å². The predicted molar refractivity (Wildman–Crippen MR) is 100 cm³/mol. The van der Waals surface area contributed by atoms with Crippen LogP contribution in [0.3, 0.4) is 0 Å². The van der Waals surface area contributed by atoms with Gasteiger partial charge in [-0.05, 0) is 55.2 Å². The van der Waals surface area contributed by atoms with Crippen molar-refractivity contribution >= 4 is 17.6 Å². The first-order valence-corrected chi connectivity index (χ1v) is 9.34. The van der Waals surface area contributed by atoms with Crippen LogP contribution in [0.15, 0.2) is 35.6 Å². The van der Waals surface area contributed by atoms with Gasteiger partial charge in [-0.1, -0.05) is 12.1 Å². The molecule has 0 unspecified atom stereocenters. The second-order valence-corrected chi connectivity index (χ2v) is 7.23. The van der Waals surface area contributed by atoms with Crippen molar-refractivity contribution in [3.63, 3.8) is 0 Å². The number of carboxylic acids is 1. The molecule has 0 spiro atoms. The standard InChI is InChI=1S/C21H24N2O4/c1-27-19-10-11-23(21(26)18(19)13-22)17-8-6-16(7-9-17)15-4-2-14(3-5-15)12-20(24)25/h6-9,14-15H,2-5,10-12H2,1H3,(H,24,25)/t14-,15-. The third-order valence-electron chi connectivity index (χ3n) is 5.64. The van der Waals surface area contributed by atoms with Crippen LogP contribution in [0.5, 0.6) is 0 Å². The smallest absolute Gasteiger partial charge is 0.303 e. The molecule has 1 aromatic carbocycles. The Kier molecular flexibility index (Phi) is 5.80. The molecule has 0 atom stereocenters. The molecule has 1 fully saturated rings. The zero-order chi connectivity index (χ0) is 19.4. The number of nitriles is 1. The predicted octanol–water partition coefficient (Wildman–Crippen LogP) is 3.60. The lowest BCUT2D eigenvalue weighted by atomic mass is 9.77. The van der Waals surface area contributed by atoms with E-state index in [1.165, 1.54) is 12.7 Å². The highest BCUT2D eigenvalue weighted by Gasteiger charge is 2.29. The number of hydrogen-bond donors (Lipinski definition) is 1. The average molecular weight is 368 g/mol. The zero-order valence-corrected chi connectivity index (χ0v) is 15.5. The van der Waals surface area contributed by atoms with Crippen molar-refractivity contribution in [2.75, 3.05) is 18.6 Å². The summed E-state index contributed by atoms with van der Waals surface area (Å²) in [6.07, 6.45) is 4.68. The highest BCUT2D eigenvalue weighted by Crippen LogP contribution is 2.37. The first-order valence-electron chi connectivity index (χ1n) is 9.34. The Morgan fingerprint density at radius 1 is 1.26 bits per heavy atom. The number of hydrogen-bond acceptors (Lipinski definition) is 4. The summed E-state index contributed by atoms with van der Waals surface area (Å²) in [5.74, 6) is 0.151. The normalized spacial score (nSPS) is 23.1. The minimum Gasteiger partial charge on any atom is -0.499 e. The van der Waals surface area contributed by atoms with Crippen molar-refractivity contribution < 1.29 is 19.4 Å². The molecule has 3 rings (SSSR count). The number of carbonyl (C=O) groups is 2. The van der Waals surface area contributed by atoms with Crippen LogP contribution in [-0.2, 0) is 14.3 Å². The summed E-state index contributed by atoms with van der Waals surface area (Å²) in [6.45, 7) is 0.493. The van der Waals surface area contributed by atoms with E-state index in [9.17, 15) is 14.9 Å². The van der Waals surface area contributed by atoms with Crippen molar-refractivity contribution in [3.8, 4) is 6.07 Å². The monoisotopic (exact) mass is 368 g/mol. The number of anilines is 1. The molecule has 0 bridgehead atoms. The molecule has 1 N–H and O–H groups in total. The summed E-state index contributed by atoms with van der Waals surface area (Å²) < 4.78 is 5.15. The van der Waals surface area contributed by atoms with E-state index < -0.39 is 5.97 Å². The van der Waals surface area contributed by atoms with Crippen LogP contribution in [0.4, 0.5) is 5.69 Å². The van der Waals surface area contributed by atoms with E-state index in [0.29, 0.717) is 24.6 Å². The molecule has 1 aromatic rings. The van der Waals surface area contributed by atoms with Gasteiger partial charge in [0, 0.05) is 25.1 Å². The lowest BCUT2D eigenvalue weighted by Crippen LogP contribution is -2.37. The Morgan fingerprint density at radius 3 is 2.48 bits per heavy atom. The maximum atomic E-state index is 12.6. The molecule has 0 radical (unpaired) electrons. The van der Waals surface area contributed by atoms with Gasteiger partial charge in [-0.2, -0.15) is 5.26 Å². The lowest BCUT2D eigenvalue weighted by Gasteiger charge is -2.29. The van der Waals surface area contributed by atoms with E-state index in [1.54, 1.807) is 4.90 Å². The molecule has 1 aliphatic heterocycles. The van der Waals surface area contributed by atoms with Gasteiger partial charge in [0.2, 0.25) is 0 Å². The summed E-state index contributed by atoms with van der Waals surface area (Å²) in [6, 6.07) is 9.92. The van der Waals surface area contributed by atoms with Crippen molar-refractivity contribution in [2.24, 2.45) is 5.92 Å². The van der Waals surface area contributed by atoms with Crippen LogP contribution < -0.4 is 4.90 Å². The molecule has 1 saturated carbocycles. The fourth-order valence-electron chi connectivity index (χ4n) is 4.13. The Balaban J connectivity index is 1.67. The number of amides is 1. The largest absolute Gasteiger partial charge is 0.499 e. The second kappa shape index (κ2) is 8.26. The van der Waals surface area contributed by atoms with E-state index in [1.807, 2.05) is 30.3 Å². The summed E-state index contributed by atoms with van der Waals surface area (Å²) >= 11 is 0. The Labute approximate surface area is 159 Å². The number of ether oxygens (including phenoxy) is 1. The van der Waals surface area contributed by atoms with Gasteiger partial charge in [0.05, 0.1) is 7.11 Å². The van der Waals surface area contributed by atoms with E-state index in [0.717, 1.165) is 31.4 Å². The maximum Gasteiger partial charge on any atom is 0.303 e. The van der Waals surface area contributed by atoms with Crippen molar-refractivity contribution in [1.29, 1.82) is 5.26 Å². The summed E-state index contributed by atoms with van der Waals surface area (Å²) in [4.78, 5) is 25.0. The molecule has 6 nitrogen and oxygen atoms in total. The Hall–Kier alpha value is -2.81. The number of benzene rings is 1. The number of rotatable bonds is 5. The van der Waals surface area contributed by atoms with Crippen LogP contribution in [-0.4, -0.2) is 30.6 Å². The molecule has 1 aliphatic carbocycles. The highest BCUT2D eigenvalue weighted by molar-refractivity contribution is 6.09. The van der Waals surface area contributed by atoms with Gasteiger partial charge < -0.3 is 14.7 Å². The minimum atomic E-state index is -0.712. The quantitative estimate of drug-likeness (QED) is 0.857. The third-order valence-corrected chi connectivity index (χ3v) is 5.64. The number of carbonyl (C=O) groups excluding carboxylic acids is 1.